The summed E-state index contributed by atoms with van der Waals surface area (Å²) in [4.78, 5) is 23.5. The van der Waals surface area contributed by atoms with Crippen LogP contribution in [0.25, 0.3) is 0 Å². The van der Waals surface area contributed by atoms with Crippen molar-refractivity contribution in [2.75, 3.05) is 0 Å². The van der Waals surface area contributed by atoms with E-state index >= 15 is 0 Å². The smallest absolute Gasteiger partial charge is 0.328 e. The van der Waals surface area contributed by atoms with Crippen molar-refractivity contribution in [2.24, 2.45) is 0 Å². The summed E-state index contributed by atoms with van der Waals surface area (Å²) in [6, 6.07) is 5.86. The Hall–Kier alpha value is -2.04. The van der Waals surface area contributed by atoms with Crippen LogP contribution in [0.4, 0.5) is 0 Å². The van der Waals surface area contributed by atoms with Crippen molar-refractivity contribution < 1.29 is 19.4 Å². The highest BCUT2D eigenvalue weighted by Gasteiger charge is 2.23. The Morgan fingerprint density at radius 3 is 2.45 bits per heavy atom. The lowest BCUT2D eigenvalue weighted by molar-refractivity contribution is -0.158. The van der Waals surface area contributed by atoms with Gasteiger partial charge in [0, 0.05) is 5.56 Å². The highest BCUT2D eigenvalue weighted by Crippen LogP contribution is 2.16. The van der Waals surface area contributed by atoms with Crippen LogP contribution in [-0.2, 0) is 20.7 Å². The summed E-state index contributed by atoms with van der Waals surface area (Å²) in [6.45, 7) is 6.86. The number of carbonyl (C=O) groups is 2. The van der Waals surface area contributed by atoms with Crippen molar-refractivity contribution in [3.63, 3.8) is 0 Å². The summed E-state index contributed by atoms with van der Waals surface area (Å²) in [6.07, 6.45) is 0.0137. The van der Waals surface area contributed by atoms with Crippen LogP contribution < -0.4 is 5.32 Å². The molecule has 0 saturated heterocycles. The normalized spacial score (nSPS) is 12.6. The van der Waals surface area contributed by atoms with Gasteiger partial charge in [0.05, 0.1) is 6.42 Å². The molecule has 0 unspecified atom stereocenters. The van der Waals surface area contributed by atoms with Crippen LogP contribution in [0.3, 0.4) is 0 Å². The maximum atomic E-state index is 11.8. The molecule has 5 heteroatoms. The van der Waals surface area contributed by atoms with Gasteiger partial charge in [0.15, 0.2) is 0 Å². The van der Waals surface area contributed by atoms with Gasteiger partial charge in [-0.25, -0.2) is 4.79 Å². The second-order valence-electron chi connectivity index (χ2n) is 5.63. The Labute approximate surface area is 118 Å². The third kappa shape index (κ3) is 5.30. The zero-order valence-corrected chi connectivity index (χ0v) is 12.3. The number of ether oxygens (including phenoxy) is 1. The summed E-state index contributed by atoms with van der Waals surface area (Å²) in [5.74, 6) is -0.763. The van der Waals surface area contributed by atoms with Crippen LogP contribution in [0.2, 0.25) is 0 Å². The number of rotatable bonds is 4. The number of amides is 1. The van der Waals surface area contributed by atoms with E-state index in [1.807, 2.05) is 0 Å². The standard InChI is InChI=1S/C15H21NO4/c1-10(14(19)20-15(2,3)4)16-13(18)9-11-7-5-6-8-12(11)17/h5-8,10,17H,9H2,1-4H3,(H,16,18)/t10-/m0/s1. The Morgan fingerprint density at radius 1 is 1.30 bits per heavy atom. The van der Waals surface area contributed by atoms with Gasteiger partial charge in [-0.1, -0.05) is 18.2 Å². The van der Waals surface area contributed by atoms with Crippen LogP contribution >= 0.6 is 0 Å². The van der Waals surface area contributed by atoms with E-state index < -0.39 is 17.6 Å². The quantitative estimate of drug-likeness (QED) is 0.824. The van der Waals surface area contributed by atoms with Crippen molar-refractivity contribution in [1.29, 1.82) is 0 Å². The molecule has 110 valence electrons. The topological polar surface area (TPSA) is 75.6 Å². The van der Waals surface area contributed by atoms with E-state index in [2.05, 4.69) is 5.32 Å². The highest BCUT2D eigenvalue weighted by molar-refractivity contribution is 5.85. The first-order chi connectivity index (χ1) is 9.19. The minimum atomic E-state index is -0.729. The third-order valence-corrected chi connectivity index (χ3v) is 2.48. The number of hydrogen-bond acceptors (Lipinski definition) is 4. The van der Waals surface area contributed by atoms with Gasteiger partial charge in [-0.3, -0.25) is 4.79 Å². The molecule has 20 heavy (non-hydrogen) atoms. The maximum Gasteiger partial charge on any atom is 0.328 e. The largest absolute Gasteiger partial charge is 0.508 e. The molecule has 1 aromatic carbocycles. The van der Waals surface area contributed by atoms with Crippen LogP contribution in [0.5, 0.6) is 5.75 Å². The second-order valence-corrected chi connectivity index (χ2v) is 5.63. The average Bonchev–Trinajstić information content (AvgIpc) is 2.29. The van der Waals surface area contributed by atoms with Gasteiger partial charge in [0.1, 0.15) is 17.4 Å². The molecule has 0 radical (unpaired) electrons. The molecule has 0 aliphatic heterocycles. The molecule has 1 rings (SSSR count). The SMILES string of the molecule is C[C@H](NC(=O)Cc1ccccc1O)C(=O)OC(C)(C)C. The number of nitrogens with one attached hydrogen (secondary N) is 1. The molecule has 0 saturated carbocycles. The van der Waals surface area contributed by atoms with E-state index in [4.69, 9.17) is 4.74 Å². The predicted molar refractivity (Wildman–Crippen MR) is 75.3 cm³/mol. The fourth-order valence-corrected chi connectivity index (χ4v) is 1.57. The highest BCUT2D eigenvalue weighted by atomic mass is 16.6. The van der Waals surface area contributed by atoms with Crippen LogP contribution in [0.1, 0.15) is 33.3 Å². The van der Waals surface area contributed by atoms with E-state index in [0.717, 1.165) is 0 Å². The molecular weight excluding hydrogens is 258 g/mol. The van der Waals surface area contributed by atoms with Crippen molar-refractivity contribution in [1.82, 2.24) is 5.32 Å². The average molecular weight is 279 g/mol. The number of benzene rings is 1. The van der Waals surface area contributed by atoms with Gasteiger partial charge in [-0.15, -0.1) is 0 Å². The van der Waals surface area contributed by atoms with Crippen molar-refractivity contribution in [2.45, 2.75) is 45.8 Å². The molecule has 2 N–H and O–H groups in total. The molecule has 0 spiro atoms. The van der Waals surface area contributed by atoms with Crippen molar-refractivity contribution in [3.8, 4) is 5.75 Å². The van der Waals surface area contributed by atoms with E-state index in [1.54, 1.807) is 45.9 Å². The summed E-state index contributed by atoms with van der Waals surface area (Å²) in [5.41, 5.74) is -0.0743. The molecule has 0 aromatic heterocycles. The molecule has 0 aliphatic rings. The molecule has 0 fully saturated rings. The van der Waals surface area contributed by atoms with Gasteiger partial charge in [0.25, 0.3) is 0 Å². The van der Waals surface area contributed by atoms with Gasteiger partial charge >= 0.3 is 5.97 Å². The molecular formula is C15H21NO4. The fourth-order valence-electron chi connectivity index (χ4n) is 1.57. The Balaban J connectivity index is 2.54. The van der Waals surface area contributed by atoms with Gasteiger partial charge in [-0.2, -0.15) is 0 Å². The lowest BCUT2D eigenvalue weighted by atomic mass is 10.1. The first kappa shape index (κ1) is 16.0. The summed E-state index contributed by atoms with van der Waals surface area (Å²) >= 11 is 0. The number of phenols is 1. The van der Waals surface area contributed by atoms with Crippen LogP contribution in [-0.4, -0.2) is 28.6 Å². The summed E-state index contributed by atoms with van der Waals surface area (Å²) < 4.78 is 5.17. The maximum absolute atomic E-state index is 11.8. The number of phenolic OH excluding ortho intramolecular Hbond substituents is 1. The van der Waals surface area contributed by atoms with Gasteiger partial charge < -0.3 is 15.2 Å². The molecule has 5 nitrogen and oxygen atoms in total. The number of carbonyl (C=O) groups excluding carboxylic acids is 2. The number of aromatic hydroxyl groups is 1. The predicted octanol–water partition coefficient (Wildman–Crippen LogP) is 1.78. The molecule has 0 aliphatic carbocycles. The van der Waals surface area contributed by atoms with Crippen LogP contribution in [0, 0.1) is 0 Å². The third-order valence-electron chi connectivity index (χ3n) is 2.48. The number of hydrogen-bond donors (Lipinski definition) is 2. The molecule has 1 atom stereocenters. The molecule has 1 amide bonds. The van der Waals surface area contributed by atoms with Gasteiger partial charge in [-0.05, 0) is 33.8 Å². The minimum Gasteiger partial charge on any atom is -0.508 e. The zero-order valence-electron chi connectivity index (χ0n) is 12.3. The van der Waals surface area contributed by atoms with E-state index in [-0.39, 0.29) is 18.1 Å². The van der Waals surface area contributed by atoms with Crippen molar-refractivity contribution >= 4 is 11.9 Å². The molecule has 0 bridgehead atoms. The molecule has 1 aromatic rings. The van der Waals surface area contributed by atoms with Crippen molar-refractivity contribution in [3.05, 3.63) is 29.8 Å². The number of esters is 1. The van der Waals surface area contributed by atoms with E-state index in [1.165, 1.54) is 6.07 Å². The monoisotopic (exact) mass is 279 g/mol. The van der Waals surface area contributed by atoms with Gasteiger partial charge in [0.2, 0.25) is 5.91 Å². The Kier molecular flexibility index (Phi) is 5.13. The summed E-state index contributed by atoms with van der Waals surface area (Å²) in [5, 5.41) is 12.1. The Morgan fingerprint density at radius 2 is 1.90 bits per heavy atom. The molecule has 0 heterocycles. The first-order valence-electron chi connectivity index (χ1n) is 6.48. The van der Waals surface area contributed by atoms with E-state index in [9.17, 15) is 14.7 Å². The zero-order chi connectivity index (χ0) is 15.3. The fraction of sp³-hybridized carbons (Fsp3) is 0.467. The minimum absolute atomic E-state index is 0.0137. The van der Waals surface area contributed by atoms with E-state index in [0.29, 0.717) is 5.56 Å². The summed E-state index contributed by atoms with van der Waals surface area (Å²) in [7, 11) is 0. The first-order valence-corrected chi connectivity index (χ1v) is 6.48. The number of para-hydroxylation sites is 1. The van der Waals surface area contributed by atoms with Crippen LogP contribution in [0.15, 0.2) is 24.3 Å². The second kappa shape index (κ2) is 6.41. The lowest BCUT2D eigenvalue weighted by Crippen LogP contribution is -2.42. The lowest BCUT2D eigenvalue weighted by Gasteiger charge is -2.22. The Bertz CT molecular complexity index is 491.